The van der Waals surface area contributed by atoms with Gasteiger partial charge in [-0.05, 0) is 0 Å². The van der Waals surface area contributed by atoms with Crippen LogP contribution in [0.2, 0.25) is 0 Å². The summed E-state index contributed by atoms with van der Waals surface area (Å²) in [5.41, 5.74) is 0. The van der Waals surface area contributed by atoms with Gasteiger partial charge in [-0.1, -0.05) is 0 Å². The van der Waals surface area contributed by atoms with Crippen molar-refractivity contribution in [1.29, 1.82) is 0 Å². The highest BCUT2D eigenvalue weighted by molar-refractivity contribution is 5.68. The van der Waals surface area contributed by atoms with E-state index >= 15 is 0 Å². The normalized spacial score (nSPS) is 26.0. The summed E-state index contributed by atoms with van der Waals surface area (Å²) < 4.78 is 10.00. The molecule has 2 rings (SSSR count). The number of rotatable bonds is 1. The molecule has 0 bridgehead atoms. The third kappa shape index (κ3) is 1.37. The van der Waals surface area contributed by atoms with E-state index < -0.39 is 0 Å². The summed E-state index contributed by atoms with van der Waals surface area (Å²) in [6.07, 6.45) is -0.225. The zero-order valence-electron chi connectivity index (χ0n) is 6.86. The van der Waals surface area contributed by atoms with Crippen LogP contribution in [0.15, 0.2) is 0 Å². The minimum Gasteiger partial charge on any atom is -0.447 e. The molecule has 0 aromatic heterocycles. The van der Waals surface area contributed by atoms with Crippen molar-refractivity contribution in [3.05, 3.63) is 0 Å². The predicted molar refractivity (Wildman–Crippen MR) is 40.4 cm³/mol. The number of ether oxygens (including phenoxy) is 2. The Morgan fingerprint density at radius 3 is 2.42 bits per heavy atom. The first kappa shape index (κ1) is 7.82. The smallest absolute Gasteiger partial charge is 0.424 e. The lowest BCUT2D eigenvalue weighted by atomic mass is 10.5. The summed E-state index contributed by atoms with van der Waals surface area (Å²) in [5.74, 6) is 0. The fourth-order valence-corrected chi connectivity index (χ4v) is 1.44. The molecule has 0 saturated carbocycles. The summed E-state index contributed by atoms with van der Waals surface area (Å²) in [5, 5.41) is 3.64. The zero-order chi connectivity index (χ0) is 8.39. The fourth-order valence-electron chi connectivity index (χ4n) is 1.44. The third-order valence-electron chi connectivity index (χ3n) is 2.07. The molecule has 2 aliphatic rings. The van der Waals surface area contributed by atoms with Gasteiger partial charge in [0, 0.05) is 13.1 Å². The SMILES string of the molecule is O=C1OCCN1N1CCOCC1. The van der Waals surface area contributed by atoms with Crippen LogP contribution < -0.4 is 0 Å². The summed E-state index contributed by atoms with van der Waals surface area (Å²) >= 11 is 0. The lowest BCUT2D eigenvalue weighted by molar-refractivity contribution is -0.0564. The standard InChI is InChI=1S/C7H12N2O3/c10-7-9(3-6-12-7)8-1-4-11-5-2-8/h1-6H2. The first-order valence-electron chi connectivity index (χ1n) is 4.15. The van der Waals surface area contributed by atoms with Gasteiger partial charge in [-0.15, -0.1) is 0 Å². The second kappa shape index (κ2) is 3.28. The Morgan fingerprint density at radius 1 is 1.08 bits per heavy atom. The lowest BCUT2D eigenvalue weighted by Gasteiger charge is -2.32. The molecule has 0 aromatic rings. The lowest BCUT2D eigenvalue weighted by Crippen LogP contribution is -2.49. The van der Waals surface area contributed by atoms with E-state index in [0.29, 0.717) is 26.4 Å². The van der Waals surface area contributed by atoms with Crippen LogP contribution in [0, 0.1) is 0 Å². The second-order valence-corrected chi connectivity index (χ2v) is 2.80. The van der Waals surface area contributed by atoms with Crippen LogP contribution in [0.1, 0.15) is 0 Å². The first-order chi connectivity index (χ1) is 5.88. The van der Waals surface area contributed by atoms with Crippen molar-refractivity contribution in [2.24, 2.45) is 0 Å². The quantitative estimate of drug-likeness (QED) is 0.544. The molecule has 0 aromatic carbocycles. The van der Waals surface area contributed by atoms with E-state index in [1.165, 1.54) is 0 Å². The van der Waals surface area contributed by atoms with E-state index in [-0.39, 0.29) is 6.09 Å². The molecule has 0 atom stereocenters. The first-order valence-corrected chi connectivity index (χ1v) is 4.15. The molecule has 2 aliphatic heterocycles. The van der Waals surface area contributed by atoms with E-state index in [1.54, 1.807) is 5.01 Å². The number of hydrogen-bond acceptors (Lipinski definition) is 4. The molecule has 0 radical (unpaired) electrons. The van der Waals surface area contributed by atoms with Crippen LogP contribution in [0.4, 0.5) is 4.79 Å². The summed E-state index contributed by atoms with van der Waals surface area (Å²) in [6, 6.07) is 0. The minimum atomic E-state index is -0.225. The Bertz CT molecular complexity index is 179. The Hall–Kier alpha value is -0.810. The highest BCUT2D eigenvalue weighted by atomic mass is 16.6. The van der Waals surface area contributed by atoms with Gasteiger partial charge in [-0.2, -0.15) is 0 Å². The second-order valence-electron chi connectivity index (χ2n) is 2.80. The highest BCUT2D eigenvalue weighted by Crippen LogP contribution is 2.09. The Labute approximate surface area is 70.8 Å². The van der Waals surface area contributed by atoms with E-state index in [0.717, 1.165) is 13.1 Å². The molecule has 0 aliphatic carbocycles. The maximum atomic E-state index is 11.1. The number of carbonyl (C=O) groups excluding carboxylic acids is 1. The third-order valence-corrected chi connectivity index (χ3v) is 2.07. The number of nitrogens with zero attached hydrogens (tertiary/aromatic N) is 2. The van der Waals surface area contributed by atoms with Crippen molar-refractivity contribution in [2.75, 3.05) is 39.5 Å². The van der Waals surface area contributed by atoms with Gasteiger partial charge in [0.1, 0.15) is 6.61 Å². The van der Waals surface area contributed by atoms with E-state index in [2.05, 4.69) is 0 Å². The molecule has 68 valence electrons. The molecule has 0 N–H and O–H groups in total. The van der Waals surface area contributed by atoms with Gasteiger partial charge in [0.25, 0.3) is 0 Å². The van der Waals surface area contributed by atoms with Gasteiger partial charge in [-0.25, -0.2) is 14.8 Å². The molecular weight excluding hydrogens is 160 g/mol. The molecule has 2 heterocycles. The van der Waals surface area contributed by atoms with Crippen LogP contribution in [0.25, 0.3) is 0 Å². The molecule has 2 fully saturated rings. The number of hydrazine groups is 1. The van der Waals surface area contributed by atoms with Gasteiger partial charge in [-0.3, -0.25) is 0 Å². The average molecular weight is 172 g/mol. The van der Waals surface area contributed by atoms with Gasteiger partial charge in [0.05, 0.1) is 19.8 Å². The van der Waals surface area contributed by atoms with Crippen LogP contribution in [-0.4, -0.2) is 55.6 Å². The molecular formula is C7H12N2O3. The Morgan fingerprint density at radius 2 is 1.83 bits per heavy atom. The molecule has 12 heavy (non-hydrogen) atoms. The summed E-state index contributed by atoms with van der Waals surface area (Å²) in [6.45, 7) is 4.16. The van der Waals surface area contributed by atoms with Crippen molar-refractivity contribution in [3.63, 3.8) is 0 Å². The number of carbonyl (C=O) groups is 1. The molecule has 0 spiro atoms. The largest absolute Gasteiger partial charge is 0.447 e. The van der Waals surface area contributed by atoms with Gasteiger partial charge < -0.3 is 9.47 Å². The number of hydrogen-bond donors (Lipinski definition) is 0. The number of cyclic esters (lactones) is 1. The Kier molecular flexibility index (Phi) is 2.14. The molecule has 5 nitrogen and oxygen atoms in total. The molecule has 2 saturated heterocycles. The fraction of sp³-hybridized carbons (Fsp3) is 0.857. The van der Waals surface area contributed by atoms with Gasteiger partial charge in [0.15, 0.2) is 0 Å². The van der Waals surface area contributed by atoms with Crippen molar-refractivity contribution in [3.8, 4) is 0 Å². The topological polar surface area (TPSA) is 42.0 Å². The van der Waals surface area contributed by atoms with Gasteiger partial charge in [0.2, 0.25) is 0 Å². The van der Waals surface area contributed by atoms with Crippen LogP contribution in [0.3, 0.4) is 0 Å². The van der Waals surface area contributed by atoms with Crippen molar-refractivity contribution in [1.82, 2.24) is 10.0 Å². The maximum absolute atomic E-state index is 11.1. The molecule has 1 amide bonds. The maximum Gasteiger partial charge on any atom is 0.424 e. The van der Waals surface area contributed by atoms with Gasteiger partial charge >= 0.3 is 6.09 Å². The van der Waals surface area contributed by atoms with Crippen molar-refractivity contribution in [2.45, 2.75) is 0 Å². The average Bonchev–Trinajstić information content (AvgIpc) is 2.53. The van der Waals surface area contributed by atoms with Crippen LogP contribution in [0.5, 0.6) is 0 Å². The summed E-state index contributed by atoms with van der Waals surface area (Å²) in [4.78, 5) is 11.1. The van der Waals surface area contributed by atoms with Crippen LogP contribution in [-0.2, 0) is 9.47 Å². The van der Waals surface area contributed by atoms with E-state index in [4.69, 9.17) is 9.47 Å². The monoisotopic (exact) mass is 172 g/mol. The highest BCUT2D eigenvalue weighted by Gasteiger charge is 2.28. The Balaban J connectivity index is 1.93. The number of morpholine rings is 1. The van der Waals surface area contributed by atoms with E-state index in [9.17, 15) is 4.79 Å². The van der Waals surface area contributed by atoms with Crippen LogP contribution >= 0.6 is 0 Å². The van der Waals surface area contributed by atoms with Crippen molar-refractivity contribution < 1.29 is 14.3 Å². The predicted octanol–water partition coefficient (Wildman–Crippen LogP) is -0.314. The van der Waals surface area contributed by atoms with Crippen molar-refractivity contribution >= 4 is 6.09 Å². The molecule has 0 unspecified atom stereocenters. The van der Waals surface area contributed by atoms with E-state index in [1.807, 2.05) is 5.01 Å². The molecule has 5 heteroatoms. The summed E-state index contributed by atoms with van der Waals surface area (Å²) in [7, 11) is 0. The number of amides is 1. The zero-order valence-corrected chi connectivity index (χ0v) is 6.86. The minimum absolute atomic E-state index is 0.225.